The molecule has 0 fully saturated rings. The highest BCUT2D eigenvalue weighted by atomic mass is 19.4. The van der Waals surface area contributed by atoms with Gasteiger partial charge in [-0.25, -0.2) is 9.37 Å². The number of benzene rings is 1. The van der Waals surface area contributed by atoms with E-state index in [1.165, 1.54) is 18.2 Å². The molecule has 2 aromatic rings. The maximum Gasteiger partial charge on any atom is 0.573 e. The topological polar surface area (TPSA) is 98.8 Å². The van der Waals surface area contributed by atoms with Gasteiger partial charge >= 0.3 is 6.36 Å². The van der Waals surface area contributed by atoms with Gasteiger partial charge in [0.25, 0.3) is 5.91 Å². The summed E-state index contributed by atoms with van der Waals surface area (Å²) in [5.74, 6) is -1.57. The van der Waals surface area contributed by atoms with Crippen LogP contribution in [0.5, 0.6) is 5.75 Å². The molecule has 0 saturated carbocycles. The predicted octanol–water partition coefficient (Wildman–Crippen LogP) is 4.14. The molecule has 7 nitrogen and oxygen atoms in total. The van der Waals surface area contributed by atoms with E-state index >= 15 is 0 Å². The zero-order chi connectivity index (χ0) is 23.7. The molecular weight excluding hydrogens is 432 g/mol. The molecule has 1 aliphatic heterocycles. The summed E-state index contributed by atoms with van der Waals surface area (Å²) in [5.41, 5.74) is 4.54. The smallest absolute Gasteiger partial charge is 0.404 e. The fourth-order valence-electron chi connectivity index (χ4n) is 3.61. The highest BCUT2D eigenvalue weighted by Gasteiger charge is 2.39. The Balaban J connectivity index is 1.84. The first-order valence-electron chi connectivity index (χ1n) is 9.58. The van der Waals surface area contributed by atoms with Crippen LogP contribution in [-0.4, -0.2) is 35.3 Å². The fraction of sp³-hybridized carbons (Fsp3) is 0.381. The molecule has 1 aromatic heterocycles. The summed E-state index contributed by atoms with van der Waals surface area (Å²) in [6.07, 6.45) is -3.75. The van der Waals surface area contributed by atoms with E-state index in [4.69, 9.17) is 10.5 Å². The van der Waals surface area contributed by atoms with E-state index in [2.05, 4.69) is 20.0 Å². The zero-order valence-corrected chi connectivity index (χ0v) is 17.6. The lowest BCUT2D eigenvalue weighted by Crippen LogP contribution is -2.33. The second-order valence-electron chi connectivity index (χ2n) is 8.18. The number of aliphatic imine (C=N–C) groups is 1. The lowest BCUT2D eigenvalue weighted by atomic mass is 9.82. The minimum Gasteiger partial charge on any atom is -0.404 e. The number of rotatable bonds is 4. The van der Waals surface area contributed by atoms with Gasteiger partial charge < -0.3 is 20.5 Å². The number of aromatic nitrogens is 1. The average Bonchev–Trinajstić information content (AvgIpc) is 2.77. The summed E-state index contributed by atoms with van der Waals surface area (Å²) in [7, 11) is 0. The van der Waals surface area contributed by atoms with E-state index in [1.807, 2.05) is 13.8 Å². The normalized spacial score (nSPS) is 20.8. The number of nitrogens with zero attached hydrogens (tertiary/aromatic N) is 2. The monoisotopic (exact) mass is 454 g/mol. The minimum absolute atomic E-state index is 0.111. The average molecular weight is 454 g/mol. The molecule has 0 unspecified atom stereocenters. The van der Waals surface area contributed by atoms with Gasteiger partial charge in [0, 0.05) is 17.7 Å². The number of amides is 1. The van der Waals surface area contributed by atoms with Crippen LogP contribution < -0.4 is 15.8 Å². The summed E-state index contributed by atoms with van der Waals surface area (Å²) >= 11 is 0. The first-order valence-corrected chi connectivity index (χ1v) is 9.58. The van der Waals surface area contributed by atoms with Crippen molar-refractivity contribution in [3.05, 3.63) is 53.6 Å². The quantitative estimate of drug-likeness (QED) is 0.677. The van der Waals surface area contributed by atoms with Crippen LogP contribution in [0, 0.1) is 5.82 Å². The minimum atomic E-state index is -4.87. The standard InChI is InChI=1S/C21H22F4N4O3/c1-19(2)11-20(3,29-17(26)10-31-19)14-8-12(4-6-15(14)22)28-18(30)16-7-5-13(9-27-16)32-21(23,24)25/h4-9H,10-11H2,1-3H3,(H2,26,29)(H,28,30)/t20-/m0/s1. The lowest BCUT2D eigenvalue weighted by molar-refractivity contribution is -0.274. The molecule has 0 aliphatic carbocycles. The summed E-state index contributed by atoms with van der Waals surface area (Å²) in [6.45, 7) is 5.53. The molecule has 32 heavy (non-hydrogen) atoms. The number of halogens is 4. The number of carbonyl (C=O) groups is 1. The Hall–Kier alpha value is -3.21. The second-order valence-corrected chi connectivity index (χ2v) is 8.18. The van der Waals surface area contributed by atoms with Gasteiger partial charge in [0.1, 0.15) is 29.7 Å². The van der Waals surface area contributed by atoms with Crippen LogP contribution in [0.25, 0.3) is 0 Å². The molecule has 0 bridgehead atoms. The number of hydrogen-bond acceptors (Lipinski definition) is 6. The Morgan fingerprint density at radius 2 is 1.94 bits per heavy atom. The van der Waals surface area contributed by atoms with Gasteiger partial charge in [-0.15, -0.1) is 13.2 Å². The Bertz CT molecular complexity index is 1040. The van der Waals surface area contributed by atoms with Crippen LogP contribution >= 0.6 is 0 Å². The van der Waals surface area contributed by atoms with Gasteiger partial charge in [-0.05, 0) is 51.1 Å². The molecule has 2 heterocycles. The molecule has 0 saturated heterocycles. The van der Waals surface area contributed by atoms with E-state index in [0.717, 1.165) is 18.3 Å². The molecule has 0 spiro atoms. The molecule has 1 aliphatic rings. The van der Waals surface area contributed by atoms with Crippen molar-refractivity contribution in [3.63, 3.8) is 0 Å². The number of alkyl halides is 3. The first-order chi connectivity index (χ1) is 14.8. The van der Waals surface area contributed by atoms with Gasteiger partial charge in [0.15, 0.2) is 0 Å². The number of nitrogens with one attached hydrogen (secondary N) is 1. The summed E-state index contributed by atoms with van der Waals surface area (Å²) in [5, 5.41) is 2.56. The third kappa shape index (κ3) is 5.72. The van der Waals surface area contributed by atoms with E-state index in [9.17, 15) is 22.4 Å². The van der Waals surface area contributed by atoms with Crippen LogP contribution in [-0.2, 0) is 10.3 Å². The van der Waals surface area contributed by atoms with Crippen LogP contribution in [0.15, 0.2) is 41.5 Å². The van der Waals surface area contributed by atoms with Crippen molar-refractivity contribution in [3.8, 4) is 5.75 Å². The maximum absolute atomic E-state index is 14.8. The Morgan fingerprint density at radius 3 is 2.56 bits per heavy atom. The van der Waals surface area contributed by atoms with E-state index in [-0.39, 0.29) is 29.4 Å². The molecule has 1 amide bonds. The van der Waals surface area contributed by atoms with Gasteiger partial charge in [-0.2, -0.15) is 0 Å². The molecule has 3 rings (SSSR count). The van der Waals surface area contributed by atoms with Crippen molar-refractivity contribution in [2.75, 3.05) is 11.9 Å². The number of pyridine rings is 1. The molecule has 172 valence electrons. The number of hydrogen-bond donors (Lipinski definition) is 2. The molecule has 0 radical (unpaired) electrons. The Morgan fingerprint density at radius 1 is 1.22 bits per heavy atom. The van der Waals surface area contributed by atoms with Crippen molar-refractivity contribution in [2.24, 2.45) is 10.7 Å². The highest BCUT2D eigenvalue weighted by molar-refractivity contribution is 6.02. The fourth-order valence-corrected chi connectivity index (χ4v) is 3.61. The third-order valence-electron chi connectivity index (χ3n) is 4.78. The number of anilines is 1. The first kappa shape index (κ1) is 23.5. The Labute approximate surface area is 181 Å². The molecule has 11 heteroatoms. The van der Waals surface area contributed by atoms with Crippen molar-refractivity contribution in [1.82, 2.24) is 4.98 Å². The van der Waals surface area contributed by atoms with E-state index < -0.39 is 35.0 Å². The summed E-state index contributed by atoms with van der Waals surface area (Å²) in [4.78, 5) is 20.6. The van der Waals surface area contributed by atoms with Crippen LogP contribution in [0.2, 0.25) is 0 Å². The van der Waals surface area contributed by atoms with Gasteiger partial charge in [-0.3, -0.25) is 9.79 Å². The summed E-state index contributed by atoms with van der Waals surface area (Å²) < 4.78 is 61.0. The van der Waals surface area contributed by atoms with Crippen LogP contribution in [0.3, 0.4) is 0 Å². The third-order valence-corrected chi connectivity index (χ3v) is 4.78. The predicted molar refractivity (Wildman–Crippen MR) is 109 cm³/mol. The second kappa shape index (κ2) is 8.38. The van der Waals surface area contributed by atoms with Crippen molar-refractivity contribution in [2.45, 2.75) is 44.7 Å². The van der Waals surface area contributed by atoms with Crippen LogP contribution in [0.4, 0.5) is 23.2 Å². The van der Waals surface area contributed by atoms with Gasteiger partial charge in [0.2, 0.25) is 0 Å². The van der Waals surface area contributed by atoms with Crippen molar-refractivity contribution < 1.29 is 31.8 Å². The number of amidine groups is 1. The van der Waals surface area contributed by atoms with E-state index in [0.29, 0.717) is 6.42 Å². The summed E-state index contributed by atoms with van der Waals surface area (Å²) in [6, 6.07) is 6.03. The van der Waals surface area contributed by atoms with Gasteiger partial charge in [-0.1, -0.05) is 0 Å². The molecule has 1 atom stereocenters. The van der Waals surface area contributed by atoms with Crippen molar-refractivity contribution in [1.29, 1.82) is 0 Å². The number of carbonyl (C=O) groups excluding carboxylic acids is 1. The molecule has 1 aromatic carbocycles. The number of ether oxygens (including phenoxy) is 2. The molecular formula is C21H22F4N4O3. The lowest BCUT2D eigenvalue weighted by Gasteiger charge is -2.33. The SMILES string of the molecule is CC1(C)C[C@@](C)(c2cc(NC(=O)c3ccc(OC(F)(F)F)cn3)ccc2F)N=C(N)CO1. The molecule has 3 N–H and O–H groups in total. The maximum atomic E-state index is 14.8. The zero-order valence-electron chi connectivity index (χ0n) is 17.6. The van der Waals surface area contributed by atoms with E-state index in [1.54, 1.807) is 6.92 Å². The number of nitrogens with two attached hydrogens (primary N) is 1. The Kier molecular flexibility index (Phi) is 6.14. The van der Waals surface area contributed by atoms with Gasteiger partial charge in [0.05, 0.1) is 17.3 Å². The highest BCUT2D eigenvalue weighted by Crippen LogP contribution is 2.39. The largest absolute Gasteiger partial charge is 0.573 e. The van der Waals surface area contributed by atoms with Crippen LogP contribution in [0.1, 0.15) is 43.2 Å². The van der Waals surface area contributed by atoms with Crippen molar-refractivity contribution >= 4 is 17.4 Å².